The molecule has 110 valence electrons. The van der Waals surface area contributed by atoms with Crippen LogP contribution in [0.3, 0.4) is 0 Å². The van der Waals surface area contributed by atoms with E-state index in [1.165, 1.54) is 22.3 Å². The fourth-order valence-corrected chi connectivity index (χ4v) is 3.01. The fourth-order valence-electron chi connectivity index (χ4n) is 3.01. The van der Waals surface area contributed by atoms with Crippen molar-refractivity contribution < 1.29 is 0 Å². The average Bonchev–Trinajstić information content (AvgIpc) is 2.66. The third-order valence-corrected chi connectivity index (χ3v) is 4.01. The molecule has 1 N–H and O–H groups in total. The average molecular weight is 279 g/mol. The minimum Gasteiger partial charge on any atom is -0.320 e. The second-order valence-electron chi connectivity index (χ2n) is 5.38. The number of allylic oxidation sites excluding steroid dienone is 6. The van der Waals surface area contributed by atoms with Crippen molar-refractivity contribution in [3.8, 4) is 0 Å². The van der Waals surface area contributed by atoms with Gasteiger partial charge in [-0.15, -0.1) is 0 Å². The topological polar surface area (TPSA) is 12.0 Å². The molecule has 1 nitrogen and oxygen atoms in total. The normalized spacial score (nSPS) is 17.9. The van der Waals surface area contributed by atoms with Crippen LogP contribution in [0.2, 0.25) is 0 Å². The summed E-state index contributed by atoms with van der Waals surface area (Å²) in [7, 11) is 2.01. The first-order chi connectivity index (χ1) is 10.3. The van der Waals surface area contributed by atoms with Gasteiger partial charge in [0.15, 0.2) is 0 Å². The maximum atomic E-state index is 4.07. The van der Waals surface area contributed by atoms with Gasteiger partial charge >= 0.3 is 0 Å². The lowest BCUT2D eigenvalue weighted by Crippen LogP contribution is -2.11. The number of benzene rings is 1. The zero-order valence-electron chi connectivity index (χ0n) is 13.1. The molecular weight excluding hydrogens is 254 g/mol. The number of hydrogen-bond acceptors (Lipinski definition) is 1. The molecule has 0 spiro atoms. The van der Waals surface area contributed by atoms with E-state index in [0.29, 0.717) is 5.92 Å². The highest BCUT2D eigenvalue weighted by Crippen LogP contribution is 2.37. The van der Waals surface area contributed by atoms with Crippen LogP contribution in [0.15, 0.2) is 66.3 Å². The second kappa shape index (κ2) is 7.80. The molecule has 1 heteroatoms. The Bertz CT molecular complexity index is 575. The highest BCUT2D eigenvalue weighted by atomic mass is 14.8. The molecule has 0 heterocycles. The Balaban J connectivity index is 2.47. The van der Waals surface area contributed by atoms with Crippen LogP contribution < -0.4 is 5.32 Å². The number of fused-ring (bicyclic) bond motifs is 1. The molecule has 1 atom stereocenters. The maximum Gasteiger partial charge on any atom is 0.0101 e. The quantitative estimate of drug-likeness (QED) is 0.734. The van der Waals surface area contributed by atoms with E-state index in [-0.39, 0.29) is 0 Å². The third-order valence-electron chi connectivity index (χ3n) is 4.01. The van der Waals surface area contributed by atoms with Gasteiger partial charge in [0.05, 0.1) is 0 Å². The van der Waals surface area contributed by atoms with Crippen LogP contribution in [-0.4, -0.2) is 13.6 Å². The van der Waals surface area contributed by atoms with Gasteiger partial charge in [-0.2, -0.15) is 0 Å². The van der Waals surface area contributed by atoms with E-state index in [2.05, 4.69) is 67.4 Å². The monoisotopic (exact) mass is 279 g/mol. The van der Waals surface area contributed by atoms with E-state index in [1.54, 1.807) is 0 Å². The molecule has 2 rings (SSSR count). The van der Waals surface area contributed by atoms with E-state index >= 15 is 0 Å². The standard InChI is InChI=1S/C20H25N/c1-4-9-16-13-14-17-10-6-7-11-19(17)20(18(16)5-2)12-8-15-21-3/h4-7,9-11,13-14,20-21H,2,8,12,15H2,1,3H3/b9-4-. The fraction of sp³-hybridized carbons (Fsp3) is 0.300. The molecule has 1 aliphatic rings. The molecule has 1 unspecified atom stereocenters. The van der Waals surface area contributed by atoms with Gasteiger partial charge in [-0.05, 0) is 55.6 Å². The van der Waals surface area contributed by atoms with Crippen LogP contribution in [0.5, 0.6) is 0 Å². The first-order valence-corrected chi connectivity index (χ1v) is 7.72. The summed E-state index contributed by atoms with van der Waals surface area (Å²) in [4.78, 5) is 0. The summed E-state index contributed by atoms with van der Waals surface area (Å²) in [5.74, 6) is 0.424. The first-order valence-electron chi connectivity index (χ1n) is 7.72. The molecule has 0 aliphatic heterocycles. The Morgan fingerprint density at radius 2 is 2.05 bits per heavy atom. The van der Waals surface area contributed by atoms with Gasteiger partial charge < -0.3 is 5.32 Å². The van der Waals surface area contributed by atoms with Gasteiger partial charge in [0.25, 0.3) is 0 Å². The Hall–Kier alpha value is -1.86. The Labute approximate surface area is 128 Å². The van der Waals surface area contributed by atoms with E-state index in [9.17, 15) is 0 Å². The summed E-state index contributed by atoms with van der Waals surface area (Å²) >= 11 is 0. The third kappa shape index (κ3) is 3.62. The Kier molecular flexibility index (Phi) is 5.77. The van der Waals surface area contributed by atoms with Gasteiger partial charge in [-0.1, -0.05) is 61.2 Å². The van der Waals surface area contributed by atoms with Crippen molar-refractivity contribution in [2.45, 2.75) is 25.7 Å². The Morgan fingerprint density at radius 1 is 1.24 bits per heavy atom. The summed E-state index contributed by atoms with van der Waals surface area (Å²) in [6.07, 6.45) is 13.1. The van der Waals surface area contributed by atoms with Crippen molar-refractivity contribution in [1.82, 2.24) is 5.32 Å². The summed E-state index contributed by atoms with van der Waals surface area (Å²) < 4.78 is 0. The van der Waals surface area contributed by atoms with Crippen LogP contribution >= 0.6 is 0 Å². The zero-order chi connectivity index (χ0) is 15.1. The molecule has 21 heavy (non-hydrogen) atoms. The molecule has 1 aromatic carbocycles. The van der Waals surface area contributed by atoms with Crippen molar-refractivity contribution in [2.75, 3.05) is 13.6 Å². The largest absolute Gasteiger partial charge is 0.320 e. The summed E-state index contributed by atoms with van der Waals surface area (Å²) in [6, 6.07) is 8.71. The highest BCUT2D eigenvalue weighted by molar-refractivity contribution is 5.65. The van der Waals surface area contributed by atoms with Gasteiger partial charge in [-0.3, -0.25) is 0 Å². The summed E-state index contributed by atoms with van der Waals surface area (Å²) in [5, 5.41) is 3.24. The number of nitrogens with one attached hydrogen (secondary N) is 1. The van der Waals surface area contributed by atoms with E-state index in [4.69, 9.17) is 0 Å². The van der Waals surface area contributed by atoms with Crippen molar-refractivity contribution in [1.29, 1.82) is 0 Å². The van der Waals surface area contributed by atoms with Crippen LogP contribution in [0.4, 0.5) is 0 Å². The molecule has 0 amide bonds. The minimum absolute atomic E-state index is 0.424. The molecular formula is C20H25N. The molecule has 0 fully saturated rings. The SMILES string of the molecule is C=CC1=C(/C=C\C)C=Cc2ccccc2C1CCCNC. The highest BCUT2D eigenvalue weighted by Gasteiger charge is 2.20. The lowest BCUT2D eigenvalue weighted by Gasteiger charge is -2.21. The van der Waals surface area contributed by atoms with Crippen LogP contribution in [0, 0.1) is 0 Å². The minimum atomic E-state index is 0.424. The van der Waals surface area contributed by atoms with Crippen molar-refractivity contribution in [3.63, 3.8) is 0 Å². The molecule has 1 aromatic rings. The second-order valence-corrected chi connectivity index (χ2v) is 5.38. The predicted octanol–water partition coefficient (Wildman–Crippen LogP) is 4.86. The molecule has 0 aromatic heterocycles. The van der Waals surface area contributed by atoms with Crippen molar-refractivity contribution >= 4 is 6.08 Å². The summed E-state index contributed by atoms with van der Waals surface area (Å²) in [6.45, 7) is 7.18. The molecule has 0 saturated carbocycles. The van der Waals surface area contributed by atoms with Gasteiger partial charge in [0, 0.05) is 5.92 Å². The lowest BCUT2D eigenvalue weighted by molar-refractivity contribution is 0.627. The van der Waals surface area contributed by atoms with E-state index in [1.807, 2.05) is 13.1 Å². The summed E-state index contributed by atoms with van der Waals surface area (Å²) in [5.41, 5.74) is 5.36. The van der Waals surface area contributed by atoms with Crippen molar-refractivity contribution in [3.05, 3.63) is 77.4 Å². The van der Waals surface area contributed by atoms with Crippen LogP contribution in [0.1, 0.15) is 36.8 Å². The Morgan fingerprint density at radius 3 is 2.76 bits per heavy atom. The van der Waals surface area contributed by atoms with Crippen molar-refractivity contribution in [2.24, 2.45) is 0 Å². The molecule has 0 bridgehead atoms. The smallest absolute Gasteiger partial charge is 0.0101 e. The van der Waals surface area contributed by atoms with E-state index < -0.39 is 0 Å². The predicted molar refractivity (Wildman–Crippen MR) is 93.4 cm³/mol. The van der Waals surface area contributed by atoms with Gasteiger partial charge in [-0.25, -0.2) is 0 Å². The first kappa shape index (κ1) is 15.5. The van der Waals surface area contributed by atoms with Gasteiger partial charge in [0.2, 0.25) is 0 Å². The number of rotatable bonds is 6. The van der Waals surface area contributed by atoms with Crippen LogP contribution in [-0.2, 0) is 0 Å². The van der Waals surface area contributed by atoms with E-state index in [0.717, 1.165) is 19.4 Å². The van der Waals surface area contributed by atoms with Crippen LogP contribution in [0.25, 0.3) is 6.08 Å². The molecule has 1 aliphatic carbocycles. The lowest BCUT2D eigenvalue weighted by atomic mass is 9.84. The maximum absolute atomic E-state index is 4.07. The molecule has 0 saturated heterocycles. The number of hydrogen-bond donors (Lipinski definition) is 1. The zero-order valence-corrected chi connectivity index (χ0v) is 13.1. The molecule has 0 radical (unpaired) electrons. The van der Waals surface area contributed by atoms with Gasteiger partial charge in [0.1, 0.15) is 0 Å².